The highest BCUT2D eigenvalue weighted by Crippen LogP contribution is 2.30. The predicted octanol–water partition coefficient (Wildman–Crippen LogP) is 2.69. The standard InChI is InChI=1S/C9H4ClF2N3O/c10-4-1-5-6(15-8(3-13)14-5)2-7(4)16-9(11)12/h1-2,9H,(H,14,15). The van der Waals surface area contributed by atoms with Gasteiger partial charge in [-0.2, -0.15) is 14.0 Å². The number of imidazole rings is 1. The first-order valence-electron chi connectivity index (χ1n) is 4.14. The molecule has 2 rings (SSSR count). The highest BCUT2D eigenvalue weighted by molar-refractivity contribution is 6.32. The molecule has 0 radical (unpaired) electrons. The number of hydrogen-bond donors (Lipinski definition) is 1. The molecule has 1 aromatic heterocycles. The molecule has 0 aliphatic heterocycles. The average Bonchev–Trinajstić information content (AvgIpc) is 2.59. The van der Waals surface area contributed by atoms with E-state index in [1.165, 1.54) is 12.1 Å². The Hall–Kier alpha value is -1.87. The molecule has 0 spiro atoms. The first-order chi connectivity index (χ1) is 7.60. The lowest BCUT2D eigenvalue weighted by atomic mass is 10.3. The molecule has 1 N–H and O–H groups in total. The van der Waals surface area contributed by atoms with Crippen LogP contribution in [0, 0.1) is 11.3 Å². The molecule has 0 unspecified atom stereocenters. The molecule has 0 atom stereocenters. The maximum absolute atomic E-state index is 12.0. The van der Waals surface area contributed by atoms with Crippen LogP contribution in [0.3, 0.4) is 0 Å². The third kappa shape index (κ3) is 1.90. The van der Waals surface area contributed by atoms with Gasteiger partial charge in [0.1, 0.15) is 11.8 Å². The zero-order chi connectivity index (χ0) is 11.7. The summed E-state index contributed by atoms with van der Waals surface area (Å²) in [5.41, 5.74) is 0.833. The van der Waals surface area contributed by atoms with Gasteiger partial charge in [-0.3, -0.25) is 0 Å². The summed E-state index contributed by atoms with van der Waals surface area (Å²) in [6.45, 7) is -2.95. The van der Waals surface area contributed by atoms with Crippen LogP contribution in [-0.4, -0.2) is 16.6 Å². The fourth-order valence-electron chi connectivity index (χ4n) is 1.25. The average molecular weight is 244 g/mol. The molecule has 7 heteroatoms. The zero-order valence-corrected chi connectivity index (χ0v) is 8.42. The summed E-state index contributed by atoms with van der Waals surface area (Å²) in [6, 6.07) is 4.43. The zero-order valence-electron chi connectivity index (χ0n) is 7.67. The molecular formula is C9H4ClF2N3O. The first-order valence-corrected chi connectivity index (χ1v) is 4.52. The second-order valence-corrected chi connectivity index (χ2v) is 3.28. The maximum atomic E-state index is 12.0. The topological polar surface area (TPSA) is 61.7 Å². The van der Waals surface area contributed by atoms with E-state index in [9.17, 15) is 8.78 Å². The minimum Gasteiger partial charge on any atom is -0.433 e. The number of alkyl halides is 2. The number of benzene rings is 1. The number of aromatic amines is 1. The van der Waals surface area contributed by atoms with Crippen molar-refractivity contribution in [1.29, 1.82) is 5.26 Å². The van der Waals surface area contributed by atoms with Gasteiger partial charge in [0.15, 0.2) is 0 Å². The summed E-state index contributed by atoms with van der Waals surface area (Å²) >= 11 is 5.70. The number of rotatable bonds is 2. The van der Waals surface area contributed by atoms with Crippen LogP contribution in [0.5, 0.6) is 5.75 Å². The van der Waals surface area contributed by atoms with Crippen LogP contribution >= 0.6 is 11.6 Å². The summed E-state index contributed by atoms with van der Waals surface area (Å²) in [4.78, 5) is 6.50. The summed E-state index contributed by atoms with van der Waals surface area (Å²) in [6.07, 6.45) is 0. The normalized spacial score (nSPS) is 10.7. The highest BCUT2D eigenvalue weighted by Gasteiger charge is 2.12. The van der Waals surface area contributed by atoms with Gasteiger partial charge in [0.25, 0.3) is 0 Å². The molecule has 0 saturated heterocycles. The van der Waals surface area contributed by atoms with Gasteiger partial charge in [0.05, 0.1) is 16.1 Å². The number of ether oxygens (including phenoxy) is 1. The molecule has 0 aliphatic carbocycles. The maximum Gasteiger partial charge on any atom is 0.387 e. The Kier molecular flexibility index (Phi) is 2.62. The fourth-order valence-corrected chi connectivity index (χ4v) is 1.45. The van der Waals surface area contributed by atoms with Crippen molar-refractivity contribution in [1.82, 2.24) is 9.97 Å². The lowest BCUT2D eigenvalue weighted by Gasteiger charge is -2.05. The van der Waals surface area contributed by atoms with Gasteiger partial charge in [0.2, 0.25) is 5.82 Å². The molecule has 2 aromatic rings. The molecule has 1 aromatic carbocycles. The number of hydrogen-bond acceptors (Lipinski definition) is 3. The SMILES string of the molecule is N#Cc1nc2cc(Cl)c(OC(F)F)cc2[nH]1. The Balaban J connectivity index is 2.53. The number of halogens is 3. The Morgan fingerprint density at radius 2 is 2.25 bits per heavy atom. The van der Waals surface area contributed by atoms with E-state index in [-0.39, 0.29) is 16.6 Å². The molecule has 0 bridgehead atoms. The molecule has 0 fully saturated rings. The number of H-pyrrole nitrogens is 1. The van der Waals surface area contributed by atoms with Gasteiger partial charge < -0.3 is 9.72 Å². The van der Waals surface area contributed by atoms with Crippen molar-refractivity contribution < 1.29 is 13.5 Å². The van der Waals surface area contributed by atoms with E-state index >= 15 is 0 Å². The van der Waals surface area contributed by atoms with Crippen LogP contribution in [0.1, 0.15) is 5.82 Å². The Morgan fingerprint density at radius 3 is 2.88 bits per heavy atom. The van der Waals surface area contributed by atoms with Gasteiger partial charge in [-0.15, -0.1) is 0 Å². The fraction of sp³-hybridized carbons (Fsp3) is 0.111. The van der Waals surface area contributed by atoms with Crippen LogP contribution in [0.15, 0.2) is 12.1 Å². The van der Waals surface area contributed by atoms with Gasteiger partial charge >= 0.3 is 6.61 Å². The Labute approximate surface area is 93.4 Å². The van der Waals surface area contributed by atoms with Crippen molar-refractivity contribution in [3.63, 3.8) is 0 Å². The second-order valence-electron chi connectivity index (χ2n) is 2.88. The van der Waals surface area contributed by atoms with E-state index in [0.717, 1.165) is 0 Å². The molecule has 0 saturated carbocycles. The minimum atomic E-state index is -2.95. The lowest BCUT2D eigenvalue weighted by molar-refractivity contribution is -0.0496. The van der Waals surface area contributed by atoms with Gasteiger partial charge in [0, 0.05) is 6.07 Å². The quantitative estimate of drug-likeness (QED) is 0.882. The number of nitriles is 1. The van der Waals surface area contributed by atoms with Gasteiger partial charge in [-0.05, 0) is 6.07 Å². The van der Waals surface area contributed by atoms with Crippen molar-refractivity contribution in [3.05, 3.63) is 23.0 Å². The number of nitrogens with zero attached hydrogens (tertiary/aromatic N) is 2. The third-order valence-electron chi connectivity index (χ3n) is 1.86. The minimum absolute atomic E-state index is 0.0174. The van der Waals surface area contributed by atoms with Gasteiger partial charge in [-0.1, -0.05) is 11.6 Å². The van der Waals surface area contributed by atoms with E-state index in [2.05, 4.69) is 14.7 Å². The summed E-state index contributed by atoms with van der Waals surface area (Å²) in [7, 11) is 0. The summed E-state index contributed by atoms with van der Waals surface area (Å²) < 4.78 is 28.2. The molecular weight excluding hydrogens is 240 g/mol. The van der Waals surface area contributed by atoms with E-state index in [1.54, 1.807) is 6.07 Å². The molecule has 82 valence electrons. The van der Waals surface area contributed by atoms with Gasteiger partial charge in [-0.25, -0.2) is 4.98 Å². The largest absolute Gasteiger partial charge is 0.433 e. The van der Waals surface area contributed by atoms with Crippen LogP contribution in [0.4, 0.5) is 8.78 Å². The second kappa shape index (κ2) is 3.94. The van der Waals surface area contributed by atoms with E-state index in [0.29, 0.717) is 11.0 Å². The van der Waals surface area contributed by atoms with Crippen molar-refractivity contribution in [2.24, 2.45) is 0 Å². The molecule has 16 heavy (non-hydrogen) atoms. The van der Waals surface area contributed by atoms with E-state index in [4.69, 9.17) is 16.9 Å². The highest BCUT2D eigenvalue weighted by atomic mass is 35.5. The first kappa shape index (κ1) is 10.6. The lowest BCUT2D eigenvalue weighted by Crippen LogP contribution is -2.02. The molecule has 0 amide bonds. The molecule has 1 heterocycles. The van der Waals surface area contributed by atoms with Crippen molar-refractivity contribution in [3.8, 4) is 11.8 Å². The number of nitrogens with one attached hydrogen (secondary N) is 1. The van der Waals surface area contributed by atoms with Crippen LogP contribution in [0.2, 0.25) is 5.02 Å². The Morgan fingerprint density at radius 1 is 1.50 bits per heavy atom. The monoisotopic (exact) mass is 243 g/mol. The van der Waals surface area contributed by atoms with Crippen molar-refractivity contribution in [2.45, 2.75) is 6.61 Å². The van der Waals surface area contributed by atoms with Crippen molar-refractivity contribution in [2.75, 3.05) is 0 Å². The molecule has 0 aliphatic rings. The van der Waals surface area contributed by atoms with E-state index in [1.807, 2.05) is 0 Å². The Bertz CT molecular complexity index is 576. The number of aromatic nitrogens is 2. The molecule has 4 nitrogen and oxygen atoms in total. The number of fused-ring (bicyclic) bond motifs is 1. The van der Waals surface area contributed by atoms with E-state index < -0.39 is 6.61 Å². The summed E-state index contributed by atoms with van der Waals surface area (Å²) in [5.74, 6) is -0.0717. The smallest absolute Gasteiger partial charge is 0.387 e. The van der Waals surface area contributed by atoms with Crippen LogP contribution in [-0.2, 0) is 0 Å². The van der Waals surface area contributed by atoms with Crippen LogP contribution in [0.25, 0.3) is 11.0 Å². The summed E-state index contributed by atoms with van der Waals surface area (Å²) in [5, 5.41) is 8.61. The van der Waals surface area contributed by atoms with Crippen molar-refractivity contribution >= 4 is 22.6 Å². The third-order valence-corrected chi connectivity index (χ3v) is 2.15. The van der Waals surface area contributed by atoms with Crippen LogP contribution < -0.4 is 4.74 Å². The predicted molar refractivity (Wildman–Crippen MR) is 52.5 cm³/mol.